The van der Waals surface area contributed by atoms with E-state index in [1.54, 1.807) is 0 Å². The molecule has 0 N–H and O–H groups in total. The van der Waals surface area contributed by atoms with Gasteiger partial charge in [0.05, 0.1) is 0 Å². The zero-order valence-electron chi connectivity index (χ0n) is 18.8. The molecule has 1 saturated heterocycles. The van der Waals surface area contributed by atoms with E-state index in [4.69, 9.17) is 0 Å². The van der Waals surface area contributed by atoms with E-state index in [2.05, 4.69) is 102 Å². The first-order valence-corrected chi connectivity index (χ1v) is 11.8. The third-order valence-corrected chi connectivity index (χ3v) is 6.73. The van der Waals surface area contributed by atoms with Crippen LogP contribution in [0.4, 0.5) is 0 Å². The summed E-state index contributed by atoms with van der Waals surface area (Å²) in [5, 5.41) is 0. The van der Waals surface area contributed by atoms with Crippen LogP contribution in [-0.4, -0.2) is 23.8 Å². The molecule has 2 heteroatoms. The fourth-order valence-corrected chi connectivity index (χ4v) is 5.03. The van der Waals surface area contributed by atoms with E-state index in [0.717, 1.165) is 19.6 Å². The van der Waals surface area contributed by atoms with Gasteiger partial charge in [0.25, 0.3) is 0 Å². The van der Waals surface area contributed by atoms with Gasteiger partial charge in [0.15, 0.2) is 0 Å². The van der Waals surface area contributed by atoms with Gasteiger partial charge in [0.1, 0.15) is 5.78 Å². The van der Waals surface area contributed by atoms with Crippen LogP contribution >= 0.6 is 0 Å². The van der Waals surface area contributed by atoms with E-state index in [9.17, 15) is 4.79 Å². The predicted molar refractivity (Wildman–Crippen MR) is 135 cm³/mol. The highest BCUT2D eigenvalue weighted by atomic mass is 16.1. The van der Waals surface area contributed by atoms with E-state index in [1.807, 2.05) is 18.2 Å². The average molecular weight is 432 g/mol. The molecule has 164 valence electrons. The van der Waals surface area contributed by atoms with E-state index in [-0.39, 0.29) is 11.8 Å². The van der Waals surface area contributed by atoms with E-state index < -0.39 is 0 Å². The largest absolute Gasteiger partial charge is 0.299 e. The number of hydrogen-bond acceptors (Lipinski definition) is 2. The predicted octanol–water partition coefficient (Wildman–Crippen LogP) is 6.58. The van der Waals surface area contributed by atoms with Gasteiger partial charge in [-0.25, -0.2) is 0 Å². The van der Waals surface area contributed by atoms with Gasteiger partial charge >= 0.3 is 0 Å². The first-order chi connectivity index (χ1) is 16.3. The Kier molecular flexibility index (Phi) is 6.46. The third kappa shape index (κ3) is 4.97. The molecule has 2 nitrogen and oxygen atoms in total. The Morgan fingerprint density at radius 3 is 1.76 bits per heavy atom. The number of hydrogen-bond donors (Lipinski definition) is 0. The highest BCUT2D eigenvalue weighted by molar-refractivity contribution is 5.83. The molecule has 0 saturated carbocycles. The van der Waals surface area contributed by atoms with Crippen LogP contribution in [0.1, 0.15) is 29.0 Å². The van der Waals surface area contributed by atoms with Crippen LogP contribution in [0.25, 0.3) is 11.1 Å². The molecule has 4 aromatic rings. The van der Waals surface area contributed by atoms with E-state index in [0.29, 0.717) is 12.2 Å². The van der Waals surface area contributed by atoms with Crippen LogP contribution in [0.3, 0.4) is 0 Å². The molecule has 1 unspecified atom stereocenters. The first-order valence-electron chi connectivity index (χ1n) is 11.8. The molecule has 0 bridgehead atoms. The molecule has 0 aromatic heterocycles. The van der Waals surface area contributed by atoms with Gasteiger partial charge < -0.3 is 0 Å². The highest BCUT2D eigenvalue weighted by Crippen LogP contribution is 2.36. The van der Waals surface area contributed by atoms with Crippen LogP contribution in [0.15, 0.2) is 115 Å². The van der Waals surface area contributed by atoms with Crippen molar-refractivity contribution < 1.29 is 4.79 Å². The summed E-state index contributed by atoms with van der Waals surface area (Å²) in [5.41, 5.74) is 6.20. The molecule has 1 fully saturated rings. The van der Waals surface area contributed by atoms with Crippen molar-refractivity contribution in [1.82, 2.24) is 4.90 Å². The Hall–Kier alpha value is -3.49. The number of carbonyl (C=O) groups is 1. The van der Waals surface area contributed by atoms with Gasteiger partial charge in [0.2, 0.25) is 0 Å². The van der Waals surface area contributed by atoms with Gasteiger partial charge in [-0.2, -0.15) is 0 Å². The molecule has 0 radical (unpaired) electrons. The summed E-state index contributed by atoms with van der Waals surface area (Å²) in [6.45, 7) is 2.48. The van der Waals surface area contributed by atoms with Gasteiger partial charge in [-0.3, -0.25) is 9.69 Å². The minimum atomic E-state index is -0.0351. The zero-order valence-corrected chi connectivity index (χ0v) is 18.8. The lowest BCUT2D eigenvalue weighted by Gasteiger charge is -2.36. The Morgan fingerprint density at radius 1 is 0.667 bits per heavy atom. The van der Waals surface area contributed by atoms with Crippen LogP contribution in [0.2, 0.25) is 0 Å². The molecule has 5 rings (SSSR count). The average Bonchev–Trinajstić information content (AvgIpc) is 2.88. The van der Waals surface area contributed by atoms with Crippen LogP contribution in [0, 0.1) is 5.92 Å². The number of nitrogens with zero attached hydrogens (tertiary/aromatic N) is 1. The molecular formula is C31H29NO. The zero-order chi connectivity index (χ0) is 22.5. The van der Waals surface area contributed by atoms with Crippen LogP contribution in [-0.2, 0) is 11.3 Å². The SMILES string of the molecule is O=C1CCN(Cc2ccc(-c3ccccc3)cc2)CC1C(c1ccccc1)c1ccccc1. The number of likely N-dealkylation sites (tertiary alicyclic amines) is 1. The topological polar surface area (TPSA) is 20.3 Å². The second-order valence-corrected chi connectivity index (χ2v) is 8.92. The smallest absolute Gasteiger partial charge is 0.139 e. The lowest BCUT2D eigenvalue weighted by atomic mass is 9.76. The molecule has 1 aliphatic rings. The molecule has 0 spiro atoms. The molecule has 4 aromatic carbocycles. The van der Waals surface area contributed by atoms with Crippen molar-refractivity contribution in [3.63, 3.8) is 0 Å². The molecule has 1 atom stereocenters. The Bertz CT molecular complexity index is 1130. The highest BCUT2D eigenvalue weighted by Gasteiger charge is 2.35. The van der Waals surface area contributed by atoms with Crippen molar-refractivity contribution in [2.45, 2.75) is 18.9 Å². The Morgan fingerprint density at radius 2 is 1.18 bits per heavy atom. The number of carbonyl (C=O) groups excluding carboxylic acids is 1. The number of Topliss-reactive ketones (excluding diaryl/α,β-unsaturated/α-hetero) is 1. The minimum absolute atomic E-state index is 0.0351. The summed E-state index contributed by atoms with van der Waals surface area (Å²) in [7, 11) is 0. The Labute approximate surface area is 196 Å². The summed E-state index contributed by atoms with van der Waals surface area (Å²) in [4.78, 5) is 15.6. The van der Waals surface area contributed by atoms with Crippen LogP contribution in [0.5, 0.6) is 0 Å². The third-order valence-electron chi connectivity index (χ3n) is 6.73. The van der Waals surface area contributed by atoms with Crippen molar-refractivity contribution in [1.29, 1.82) is 0 Å². The lowest BCUT2D eigenvalue weighted by Crippen LogP contribution is -2.43. The molecule has 0 aliphatic carbocycles. The quantitative estimate of drug-likeness (QED) is 0.344. The number of benzene rings is 4. The lowest BCUT2D eigenvalue weighted by molar-refractivity contribution is -0.126. The Balaban J connectivity index is 1.36. The van der Waals surface area contributed by atoms with Crippen molar-refractivity contribution in [3.05, 3.63) is 132 Å². The second kappa shape index (κ2) is 9.97. The first kappa shape index (κ1) is 21.4. The normalized spacial score (nSPS) is 16.8. The molecule has 0 amide bonds. The van der Waals surface area contributed by atoms with Gasteiger partial charge in [-0.1, -0.05) is 115 Å². The maximum atomic E-state index is 13.2. The molecule has 33 heavy (non-hydrogen) atoms. The molecular weight excluding hydrogens is 402 g/mol. The molecule has 1 heterocycles. The summed E-state index contributed by atoms with van der Waals surface area (Å²) in [5.74, 6) is 0.429. The van der Waals surface area contributed by atoms with Gasteiger partial charge in [0, 0.05) is 37.9 Å². The summed E-state index contributed by atoms with van der Waals surface area (Å²) < 4.78 is 0. The molecule has 1 aliphatic heterocycles. The summed E-state index contributed by atoms with van der Waals surface area (Å²) in [6.07, 6.45) is 0.614. The van der Waals surface area contributed by atoms with Crippen molar-refractivity contribution in [2.75, 3.05) is 13.1 Å². The van der Waals surface area contributed by atoms with Crippen molar-refractivity contribution in [2.24, 2.45) is 5.92 Å². The maximum Gasteiger partial charge on any atom is 0.139 e. The fraction of sp³-hybridized carbons (Fsp3) is 0.194. The maximum absolute atomic E-state index is 13.2. The van der Waals surface area contributed by atoms with Gasteiger partial charge in [-0.05, 0) is 27.8 Å². The number of piperidine rings is 1. The minimum Gasteiger partial charge on any atom is -0.299 e. The second-order valence-electron chi connectivity index (χ2n) is 8.92. The van der Waals surface area contributed by atoms with E-state index in [1.165, 1.54) is 27.8 Å². The monoisotopic (exact) mass is 431 g/mol. The number of ketones is 1. The summed E-state index contributed by atoms with van der Waals surface area (Å²) >= 11 is 0. The van der Waals surface area contributed by atoms with Crippen molar-refractivity contribution in [3.8, 4) is 11.1 Å². The van der Waals surface area contributed by atoms with E-state index >= 15 is 0 Å². The van der Waals surface area contributed by atoms with Crippen LogP contribution < -0.4 is 0 Å². The van der Waals surface area contributed by atoms with Crippen molar-refractivity contribution >= 4 is 5.78 Å². The summed E-state index contributed by atoms with van der Waals surface area (Å²) in [6, 6.07) is 40.3. The van der Waals surface area contributed by atoms with Gasteiger partial charge in [-0.15, -0.1) is 0 Å². The standard InChI is InChI=1S/C31H29NO/c33-30-20-21-32(22-24-16-18-26(19-17-24)25-10-4-1-5-11-25)23-29(30)31(27-12-6-2-7-13-27)28-14-8-3-9-15-28/h1-19,29,31H,20-23H2. The number of rotatable bonds is 6. The fourth-order valence-electron chi connectivity index (χ4n) is 5.03.